The zero-order valence-electron chi connectivity index (χ0n) is 18.9. The average Bonchev–Trinajstić information content (AvgIpc) is 2.75. The van der Waals surface area contributed by atoms with Gasteiger partial charge in [0.15, 0.2) is 11.6 Å². The van der Waals surface area contributed by atoms with Crippen molar-refractivity contribution < 1.29 is 34.0 Å². The Hall–Kier alpha value is -0.600. The predicted octanol–water partition coefficient (Wildman–Crippen LogP) is 1.52. The number of nitrogens with one attached hydrogen (secondary N) is 1. The number of nitrogens with zero attached hydrogens (tertiary/aromatic N) is 1. The zero-order valence-corrected chi connectivity index (χ0v) is 22.0. The number of hydrogen-bond donors (Lipinski definition) is 5. The molecule has 1 heterocycles. The van der Waals surface area contributed by atoms with E-state index in [1.54, 1.807) is 57.2 Å². The van der Waals surface area contributed by atoms with E-state index >= 15 is 0 Å². The summed E-state index contributed by atoms with van der Waals surface area (Å²) >= 11 is 1.72. The lowest BCUT2D eigenvalue weighted by Crippen LogP contribution is -2.43. The van der Waals surface area contributed by atoms with E-state index in [2.05, 4.69) is 4.98 Å². The van der Waals surface area contributed by atoms with Gasteiger partial charge >= 0.3 is 13.3 Å². The quantitative estimate of drug-likeness (QED) is 0.168. The van der Waals surface area contributed by atoms with Crippen molar-refractivity contribution in [2.24, 2.45) is 5.92 Å². The van der Waals surface area contributed by atoms with Gasteiger partial charge in [-0.15, -0.1) is 0 Å². The maximum Gasteiger partial charge on any atom is 0.359 e. The van der Waals surface area contributed by atoms with Crippen molar-refractivity contribution in [1.82, 2.24) is 9.55 Å². The van der Waals surface area contributed by atoms with E-state index < -0.39 is 54.6 Å². The minimum atomic E-state index is -4.44. The van der Waals surface area contributed by atoms with Crippen LogP contribution in [0.2, 0.25) is 0 Å². The Morgan fingerprint density at radius 2 is 1.81 bits per heavy atom. The minimum Gasteiger partial charge on any atom is -0.394 e. The topological polar surface area (TPSA) is 171 Å². The van der Waals surface area contributed by atoms with Gasteiger partial charge in [0.2, 0.25) is 0 Å². The molecule has 0 aromatic carbocycles. The van der Waals surface area contributed by atoms with Crippen LogP contribution in [0.3, 0.4) is 0 Å². The van der Waals surface area contributed by atoms with E-state index in [1.807, 2.05) is 0 Å². The van der Waals surface area contributed by atoms with Crippen molar-refractivity contribution in [3.05, 3.63) is 30.6 Å². The van der Waals surface area contributed by atoms with Gasteiger partial charge in [0.05, 0.1) is 22.4 Å². The molecular weight excluding hydrogens is 558 g/mol. The highest BCUT2D eigenvalue weighted by molar-refractivity contribution is 14.1. The van der Waals surface area contributed by atoms with E-state index in [1.165, 1.54) is 6.20 Å². The second-order valence-electron chi connectivity index (χ2n) is 7.99. The largest absolute Gasteiger partial charge is 0.394 e. The van der Waals surface area contributed by atoms with Crippen LogP contribution in [0, 0.1) is 9.49 Å². The second-order valence-corrected chi connectivity index (χ2v) is 11.2. The summed E-state index contributed by atoms with van der Waals surface area (Å²) < 4.78 is 25.4. The molecular formula is C19H34IN2O9P. The van der Waals surface area contributed by atoms with E-state index in [0.717, 1.165) is 4.57 Å². The van der Waals surface area contributed by atoms with E-state index in [9.17, 15) is 34.4 Å². The van der Waals surface area contributed by atoms with Gasteiger partial charge < -0.3 is 24.9 Å². The number of H-pyrrole nitrogens is 1. The van der Waals surface area contributed by atoms with Gasteiger partial charge in [0, 0.05) is 12.1 Å². The van der Waals surface area contributed by atoms with Crippen LogP contribution in [-0.4, -0.2) is 60.0 Å². The monoisotopic (exact) mass is 592 g/mol. The van der Waals surface area contributed by atoms with Crippen LogP contribution in [0.1, 0.15) is 60.1 Å². The first-order valence-electron chi connectivity index (χ1n) is 10.4. The Bertz CT molecular complexity index is 917. The van der Waals surface area contributed by atoms with Crippen LogP contribution >= 0.6 is 30.2 Å². The molecule has 0 spiro atoms. The lowest BCUT2D eigenvalue weighted by molar-refractivity contribution is -0.126. The maximum absolute atomic E-state index is 12.9. The summed E-state index contributed by atoms with van der Waals surface area (Å²) in [5.41, 5.74) is -2.62. The molecule has 0 saturated carbocycles. The third-order valence-electron chi connectivity index (χ3n) is 5.97. The van der Waals surface area contributed by atoms with Gasteiger partial charge in [-0.1, -0.05) is 27.7 Å². The molecule has 0 aliphatic heterocycles. The Labute approximate surface area is 200 Å². The fourth-order valence-corrected chi connectivity index (χ4v) is 5.33. The number of ether oxygens (including phenoxy) is 1. The molecule has 0 bridgehead atoms. The molecule has 3 unspecified atom stereocenters. The van der Waals surface area contributed by atoms with Gasteiger partial charge in [0.1, 0.15) is 6.10 Å². The Kier molecular flexibility index (Phi) is 10.8. The average molecular weight is 592 g/mol. The third kappa shape index (κ3) is 6.50. The lowest BCUT2D eigenvalue weighted by atomic mass is 9.89. The molecule has 32 heavy (non-hydrogen) atoms. The van der Waals surface area contributed by atoms with E-state index in [-0.39, 0.29) is 23.0 Å². The van der Waals surface area contributed by atoms with Gasteiger partial charge in [0.25, 0.3) is 5.56 Å². The van der Waals surface area contributed by atoms with Crippen LogP contribution in [0.4, 0.5) is 0 Å². The predicted molar refractivity (Wildman–Crippen MR) is 126 cm³/mol. The van der Waals surface area contributed by atoms with Gasteiger partial charge in [-0.25, -0.2) is 4.79 Å². The summed E-state index contributed by atoms with van der Waals surface area (Å²) in [7, 11) is -4.44. The number of hydrogen-bond acceptors (Lipinski definition) is 8. The van der Waals surface area contributed by atoms with E-state index in [4.69, 9.17) is 9.26 Å². The standard InChI is InChI=1S/C19H34IN2O9P/c1-6-18(5,31-32(28,29)19(27,7-2)8-3)12(4)11-30-16(14(24)10-23)22-9-13(20)15(25)21-17(22)26/h9,12,14,16,23-24,27H,6-8,10-11H2,1-5H3,(H,28,29)(H,21,25,26)/t12?,14-,16-,18?/m1/s1. The number of aliphatic hydroxyl groups is 3. The molecule has 0 amide bonds. The smallest absolute Gasteiger partial charge is 0.359 e. The zero-order chi connectivity index (χ0) is 24.9. The summed E-state index contributed by atoms with van der Waals surface area (Å²) in [6, 6.07) is 0. The molecule has 1 rings (SSSR count). The molecule has 0 saturated heterocycles. The molecule has 186 valence electrons. The van der Waals surface area contributed by atoms with Crippen LogP contribution in [-0.2, 0) is 13.8 Å². The molecule has 1 aromatic rings. The Morgan fingerprint density at radius 1 is 1.25 bits per heavy atom. The van der Waals surface area contributed by atoms with Crippen LogP contribution in [0.15, 0.2) is 15.8 Å². The Morgan fingerprint density at radius 3 is 2.28 bits per heavy atom. The third-order valence-corrected chi connectivity index (χ3v) is 9.08. The first kappa shape index (κ1) is 29.4. The Balaban J connectivity index is 3.16. The summed E-state index contributed by atoms with van der Waals surface area (Å²) in [5.74, 6) is -0.531. The fourth-order valence-electron chi connectivity index (χ4n) is 3.06. The molecule has 5 atom stereocenters. The normalized spacial score (nSPS) is 19.1. The molecule has 0 aliphatic carbocycles. The SMILES string of the molecule is CCC(C)(OP(=O)(O)C(O)(CC)CC)C(C)CO[C@H]([C@H](O)CO)n1cc(I)c(=O)[nH]c1=O. The van der Waals surface area contributed by atoms with Crippen molar-refractivity contribution in [3.63, 3.8) is 0 Å². The number of aliphatic hydroxyl groups excluding tert-OH is 2. The molecule has 11 nitrogen and oxygen atoms in total. The molecule has 0 aliphatic rings. The number of rotatable bonds is 13. The van der Waals surface area contributed by atoms with Crippen molar-refractivity contribution in [3.8, 4) is 0 Å². The maximum atomic E-state index is 12.9. The molecule has 1 aromatic heterocycles. The number of aromatic amines is 1. The highest BCUT2D eigenvalue weighted by Crippen LogP contribution is 2.60. The first-order valence-corrected chi connectivity index (χ1v) is 13.0. The lowest BCUT2D eigenvalue weighted by Gasteiger charge is -2.40. The van der Waals surface area contributed by atoms with Crippen molar-refractivity contribution >= 4 is 30.2 Å². The first-order chi connectivity index (χ1) is 14.7. The van der Waals surface area contributed by atoms with Gasteiger partial charge in [-0.3, -0.25) is 23.4 Å². The van der Waals surface area contributed by atoms with Crippen molar-refractivity contribution in [1.29, 1.82) is 0 Å². The number of halogens is 1. The highest BCUT2D eigenvalue weighted by atomic mass is 127. The fraction of sp³-hybridized carbons (Fsp3) is 0.789. The number of aromatic nitrogens is 2. The van der Waals surface area contributed by atoms with Crippen LogP contribution in [0.5, 0.6) is 0 Å². The van der Waals surface area contributed by atoms with Crippen LogP contribution in [0.25, 0.3) is 0 Å². The van der Waals surface area contributed by atoms with Gasteiger partial charge in [-0.05, 0) is 48.8 Å². The second kappa shape index (κ2) is 11.7. The van der Waals surface area contributed by atoms with Gasteiger partial charge in [-0.2, -0.15) is 0 Å². The highest BCUT2D eigenvalue weighted by Gasteiger charge is 2.49. The van der Waals surface area contributed by atoms with Crippen LogP contribution < -0.4 is 11.2 Å². The minimum absolute atomic E-state index is 0.0283. The summed E-state index contributed by atoms with van der Waals surface area (Å²) in [6.07, 6.45) is -1.25. The molecule has 0 fully saturated rings. The summed E-state index contributed by atoms with van der Waals surface area (Å²) in [4.78, 5) is 36.5. The van der Waals surface area contributed by atoms with Crippen molar-refractivity contribution in [2.75, 3.05) is 13.2 Å². The summed E-state index contributed by atoms with van der Waals surface area (Å²) in [6.45, 7) is 7.40. The van der Waals surface area contributed by atoms with E-state index in [0.29, 0.717) is 6.42 Å². The van der Waals surface area contributed by atoms with Crippen molar-refractivity contribution in [2.45, 2.75) is 77.2 Å². The molecule has 0 radical (unpaired) electrons. The summed E-state index contributed by atoms with van der Waals surface area (Å²) in [5, 5.41) is 28.3. The molecule has 5 N–H and O–H groups in total. The molecule has 13 heteroatoms.